The van der Waals surface area contributed by atoms with Crippen LogP contribution in [0.2, 0.25) is 5.02 Å². The second-order valence-electron chi connectivity index (χ2n) is 9.29. The van der Waals surface area contributed by atoms with Crippen molar-refractivity contribution in [2.24, 2.45) is 0 Å². The van der Waals surface area contributed by atoms with Crippen LogP contribution in [-0.2, 0) is 24.4 Å². The number of aromatic nitrogens is 1. The van der Waals surface area contributed by atoms with Gasteiger partial charge in [0, 0.05) is 42.8 Å². The van der Waals surface area contributed by atoms with Crippen molar-refractivity contribution in [2.75, 3.05) is 39.5 Å². The molecule has 0 aliphatic carbocycles. The zero-order chi connectivity index (χ0) is 25.3. The molecule has 0 radical (unpaired) electrons. The number of amides is 1. The van der Waals surface area contributed by atoms with Crippen LogP contribution in [0.25, 0.3) is 10.9 Å². The molecule has 3 heterocycles. The van der Waals surface area contributed by atoms with Gasteiger partial charge in [0.05, 0.1) is 48.6 Å². The second kappa shape index (κ2) is 10.5. The maximum absolute atomic E-state index is 13.3. The second-order valence-corrected chi connectivity index (χ2v) is 10.1. The summed E-state index contributed by atoms with van der Waals surface area (Å²) in [7, 11) is 0. The molecule has 36 heavy (non-hydrogen) atoms. The number of pyridine rings is 1. The van der Waals surface area contributed by atoms with E-state index in [4.69, 9.17) is 33.3 Å². The van der Waals surface area contributed by atoms with E-state index >= 15 is 0 Å². The summed E-state index contributed by atoms with van der Waals surface area (Å²) < 4.78 is 13.9. The number of carbonyl (C=O) groups excluding carboxylic acids is 1. The van der Waals surface area contributed by atoms with Gasteiger partial charge in [0.1, 0.15) is 5.75 Å². The molecule has 5 rings (SSSR count). The molecule has 1 fully saturated rings. The summed E-state index contributed by atoms with van der Waals surface area (Å²) in [4.78, 5) is 15.5. The van der Waals surface area contributed by atoms with Crippen LogP contribution in [-0.4, -0.2) is 70.7 Å². The minimum atomic E-state index is -1.21. The number of carbonyl (C=O) groups is 1. The number of nitrogens with zero attached hydrogens (tertiary/aromatic N) is 2. The number of morpholine rings is 1. The molecule has 8 nitrogen and oxygen atoms in total. The van der Waals surface area contributed by atoms with Crippen LogP contribution in [0, 0.1) is 4.51 Å². The van der Waals surface area contributed by atoms with Crippen molar-refractivity contribution in [2.45, 2.75) is 25.2 Å². The Morgan fingerprint density at radius 2 is 1.83 bits per heavy atom. The van der Waals surface area contributed by atoms with Crippen LogP contribution < -0.4 is 10.1 Å². The topological polar surface area (TPSA) is 96.2 Å². The molecule has 0 atom stereocenters. The number of hydrogen-bond acceptors (Lipinski definition) is 7. The van der Waals surface area contributed by atoms with Crippen molar-refractivity contribution >= 4 is 40.6 Å². The van der Waals surface area contributed by atoms with Gasteiger partial charge in [-0.3, -0.25) is 9.69 Å². The Hall–Kier alpha value is -2.53. The lowest BCUT2D eigenvalue weighted by Crippen LogP contribution is -2.50. The van der Waals surface area contributed by atoms with Gasteiger partial charge in [-0.1, -0.05) is 36.0 Å². The van der Waals surface area contributed by atoms with Gasteiger partial charge in [-0.15, -0.1) is 0 Å². The van der Waals surface area contributed by atoms with Crippen molar-refractivity contribution in [1.82, 2.24) is 14.8 Å². The Morgan fingerprint density at radius 3 is 2.53 bits per heavy atom. The van der Waals surface area contributed by atoms with Crippen molar-refractivity contribution in [3.8, 4) is 5.75 Å². The van der Waals surface area contributed by atoms with Gasteiger partial charge in [0.15, 0.2) is 5.60 Å². The van der Waals surface area contributed by atoms with Crippen LogP contribution in [0.3, 0.4) is 0 Å². The Bertz CT molecular complexity index is 1330. The van der Waals surface area contributed by atoms with E-state index in [1.807, 2.05) is 28.8 Å². The van der Waals surface area contributed by atoms with E-state index in [9.17, 15) is 15.0 Å². The Kier molecular flexibility index (Phi) is 7.30. The lowest BCUT2D eigenvalue weighted by molar-refractivity contribution is -0.0501. The minimum Gasteiger partial charge on any atom is -0.478 e. The SMILES string of the molecule is O=C(NCc1ccc(Cl)cc1)c1cn2c3c(cc(CN4CCOCC4)cc3c1=S)OC(CO)(CO)C2. The van der Waals surface area contributed by atoms with Crippen LogP contribution in [0.4, 0.5) is 0 Å². The lowest BCUT2D eigenvalue weighted by Gasteiger charge is -2.37. The Balaban J connectivity index is 1.54. The zero-order valence-corrected chi connectivity index (χ0v) is 21.3. The first-order valence-corrected chi connectivity index (χ1v) is 12.6. The first-order valence-electron chi connectivity index (χ1n) is 11.8. The first kappa shape index (κ1) is 25.1. The highest BCUT2D eigenvalue weighted by Gasteiger charge is 2.37. The number of rotatable bonds is 7. The van der Waals surface area contributed by atoms with Gasteiger partial charge >= 0.3 is 0 Å². The fourth-order valence-corrected chi connectivity index (χ4v) is 5.13. The standard InChI is InChI=1S/C26H28ClN3O5S/c27-19-3-1-17(2-4-19)11-28-25(33)21-13-30-14-26(15-31,16-32)35-22-10-18(9-20(23(22)30)24(21)36)12-29-5-7-34-8-6-29/h1-4,9-10,13,31-32H,5-8,11-12,14-16H2,(H,28,33). The molecule has 0 saturated carbocycles. The predicted octanol–water partition coefficient (Wildman–Crippen LogP) is 2.90. The molecule has 3 N–H and O–H groups in total. The summed E-state index contributed by atoms with van der Waals surface area (Å²) in [5.41, 5.74) is 1.78. The molecule has 0 unspecified atom stereocenters. The van der Waals surface area contributed by atoms with Crippen LogP contribution in [0.1, 0.15) is 21.5 Å². The lowest BCUT2D eigenvalue weighted by atomic mass is 10.00. The molecule has 0 spiro atoms. The zero-order valence-electron chi connectivity index (χ0n) is 19.7. The molecular formula is C26H28ClN3O5S. The van der Waals surface area contributed by atoms with Gasteiger partial charge in [-0.2, -0.15) is 0 Å². The minimum absolute atomic E-state index is 0.180. The monoisotopic (exact) mass is 529 g/mol. The van der Waals surface area contributed by atoms with Crippen LogP contribution >= 0.6 is 23.8 Å². The highest BCUT2D eigenvalue weighted by atomic mass is 35.5. The number of halogens is 1. The number of benzene rings is 2. The van der Waals surface area contributed by atoms with Gasteiger partial charge in [-0.25, -0.2) is 0 Å². The summed E-state index contributed by atoms with van der Waals surface area (Å²) in [6.45, 7) is 3.42. The van der Waals surface area contributed by atoms with Gasteiger partial charge in [-0.05, 0) is 35.4 Å². The maximum Gasteiger partial charge on any atom is 0.254 e. The predicted molar refractivity (Wildman–Crippen MR) is 139 cm³/mol. The van der Waals surface area contributed by atoms with Crippen LogP contribution in [0.15, 0.2) is 42.6 Å². The largest absolute Gasteiger partial charge is 0.478 e. The third-order valence-corrected chi connectivity index (χ3v) is 7.37. The molecule has 0 bridgehead atoms. The highest BCUT2D eigenvalue weighted by molar-refractivity contribution is 7.71. The molecule has 3 aromatic rings. The molecule has 2 aliphatic heterocycles. The highest BCUT2D eigenvalue weighted by Crippen LogP contribution is 2.37. The third kappa shape index (κ3) is 5.00. The molecule has 2 aliphatic rings. The van der Waals surface area contributed by atoms with E-state index in [1.54, 1.807) is 18.3 Å². The summed E-state index contributed by atoms with van der Waals surface area (Å²) in [5.74, 6) is 0.232. The number of ether oxygens (including phenoxy) is 2. The molecule has 2 aromatic carbocycles. The normalized spacial score (nSPS) is 17.1. The quantitative estimate of drug-likeness (QED) is 0.405. The number of aliphatic hydroxyl groups is 2. The molecular weight excluding hydrogens is 502 g/mol. The van der Waals surface area contributed by atoms with E-state index in [1.165, 1.54) is 0 Å². The number of hydrogen-bond donors (Lipinski definition) is 3. The maximum atomic E-state index is 13.3. The van der Waals surface area contributed by atoms with E-state index in [0.717, 1.165) is 35.1 Å². The molecule has 10 heteroatoms. The van der Waals surface area contributed by atoms with Crippen molar-refractivity contribution in [3.63, 3.8) is 0 Å². The number of nitrogens with one attached hydrogen (secondary N) is 1. The Morgan fingerprint density at radius 1 is 1.11 bits per heavy atom. The fourth-order valence-electron chi connectivity index (χ4n) is 4.70. The molecule has 1 amide bonds. The van der Waals surface area contributed by atoms with E-state index in [2.05, 4.69) is 10.2 Å². The molecule has 190 valence electrons. The van der Waals surface area contributed by atoms with Crippen molar-refractivity contribution in [1.29, 1.82) is 0 Å². The van der Waals surface area contributed by atoms with Gasteiger partial charge in [0.2, 0.25) is 0 Å². The van der Waals surface area contributed by atoms with Gasteiger partial charge in [0.25, 0.3) is 5.91 Å². The molecule has 1 aromatic heterocycles. The molecule has 1 saturated heterocycles. The Labute approximate surface area is 219 Å². The summed E-state index contributed by atoms with van der Waals surface area (Å²) >= 11 is 11.8. The van der Waals surface area contributed by atoms with Crippen molar-refractivity contribution < 1.29 is 24.5 Å². The summed E-state index contributed by atoms with van der Waals surface area (Å²) in [6.07, 6.45) is 1.69. The smallest absolute Gasteiger partial charge is 0.254 e. The van der Waals surface area contributed by atoms with E-state index in [0.29, 0.717) is 47.1 Å². The van der Waals surface area contributed by atoms with Gasteiger partial charge < -0.3 is 29.6 Å². The number of aliphatic hydroxyl groups excluding tert-OH is 2. The summed E-state index contributed by atoms with van der Waals surface area (Å²) in [5, 5.41) is 24.5. The van der Waals surface area contributed by atoms with Crippen molar-refractivity contribution in [3.05, 3.63) is 68.8 Å². The van der Waals surface area contributed by atoms with E-state index < -0.39 is 5.60 Å². The fraction of sp³-hybridized carbons (Fsp3) is 0.385. The first-order chi connectivity index (χ1) is 17.4. The summed E-state index contributed by atoms with van der Waals surface area (Å²) in [6, 6.07) is 11.2. The van der Waals surface area contributed by atoms with E-state index in [-0.39, 0.29) is 25.7 Å². The van der Waals surface area contributed by atoms with Crippen LogP contribution in [0.5, 0.6) is 5.75 Å². The average Bonchev–Trinajstić information content (AvgIpc) is 2.90. The average molecular weight is 530 g/mol. The third-order valence-electron chi connectivity index (χ3n) is 6.68.